The fraction of sp³-hybridized carbons (Fsp3) is 0.308. The maximum atomic E-state index is 13.7. The molecule has 0 aliphatic heterocycles. The third kappa shape index (κ3) is 2.53. The van der Waals surface area contributed by atoms with E-state index in [4.69, 9.17) is 0 Å². The van der Waals surface area contributed by atoms with Crippen LogP contribution >= 0.6 is 11.3 Å². The van der Waals surface area contributed by atoms with E-state index in [1.165, 1.54) is 11.1 Å². The van der Waals surface area contributed by atoms with Crippen molar-refractivity contribution in [3.05, 3.63) is 51.7 Å². The van der Waals surface area contributed by atoms with E-state index in [0.717, 1.165) is 11.3 Å². The van der Waals surface area contributed by atoms with Gasteiger partial charge in [-0.1, -0.05) is 6.92 Å². The van der Waals surface area contributed by atoms with E-state index in [1.54, 1.807) is 23.6 Å². The van der Waals surface area contributed by atoms with E-state index in [1.807, 2.05) is 7.05 Å². The molecule has 2 rings (SSSR count). The average molecular weight is 250 g/mol. The van der Waals surface area contributed by atoms with Crippen molar-refractivity contribution < 1.29 is 4.39 Å². The number of nitrogens with zero attached hydrogens (tertiary/aromatic N) is 1. The number of halogens is 1. The molecule has 0 aliphatic rings. The van der Waals surface area contributed by atoms with Crippen LogP contribution in [0.3, 0.4) is 0 Å². The Bertz CT molecular complexity index is 496. The van der Waals surface area contributed by atoms with Crippen LogP contribution in [-0.2, 0) is 6.42 Å². The molecular formula is C13H15FN2S. The Labute approximate surface area is 105 Å². The van der Waals surface area contributed by atoms with Crippen LogP contribution in [0.2, 0.25) is 0 Å². The van der Waals surface area contributed by atoms with Gasteiger partial charge in [-0.3, -0.25) is 4.98 Å². The molecule has 1 N–H and O–H groups in total. The zero-order valence-corrected chi connectivity index (χ0v) is 10.7. The molecule has 90 valence electrons. The fourth-order valence-corrected chi connectivity index (χ4v) is 2.89. The van der Waals surface area contributed by atoms with Crippen LogP contribution in [0.1, 0.15) is 28.3 Å². The number of aromatic nitrogens is 1. The molecule has 2 nitrogen and oxygen atoms in total. The lowest BCUT2D eigenvalue weighted by atomic mass is 10.1. The van der Waals surface area contributed by atoms with E-state index in [2.05, 4.69) is 29.4 Å². The van der Waals surface area contributed by atoms with Crippen LogP contribution in [0.25, 0.3) is 0 Å². The molecule has 0 aromatic carbocycles. The molecule has 17 heavy (non-hydrogen) atoms. The zero-order valence-electron chi connectivity index (χ0n) is 9.90. The SMILES string of the molecule is CCc1ccc(C(NC)c2ccncc2F)s1. The molecule has 1 unspecified atom stereocenters. The first kappa shape index (κ1) is 12.2. The highest BCUT2D eigenvalue weighted by Crippen LogP contribution is 2.29. The summed E-state index contributed by atoms with van der Waals surface area (Å²) in [7, 11) is 1.84. The Morgan fingerprint density at radius 1 is 1.41 bits per heavy atom. The van der Waals surface area contributed by atoms with E-state index in [-0.39, 0.29) is 11.9 Å². The number of nitrogens with one attached hydrogen (secondary N) is 1. The summed E-state index contributed by atoms with van der Waals surface area (Å²) in [6.45, 7) is 2.12. The molecule has 0 saturated heterocycles. The van der Waals surface area contributed by atoms with Crippen LogP contribution in [-0.4, -0.2) is 12.0 Å². The predicted molar refractivity (Wildman–Crippen MR) is 68.8 cm³/mol. The molecule has 2 heterocycles. The Balaban J connectivity index is 2.36. The normalized spacial score (nSPS) is 12.6. The van der Waals surface area contributed by atoms with Crippen LogP contribution < -0.4 is 5.32 Å². The lowest BCUT2D eigenvalue weighted by molar-refractivity contribution is 0.574. The highest BCUT2D eigenvalue weighted by Gasteiger charge is 2.17. The van der Waals surface area contributed by atoms with Gasteiger partial charge in [0.15, 0.2) is 0 Å². The van der Waals surface area contributed by atoms with Crippen molar-refractivity contribution in [1.82, 2.24) is 10.3 Å². The summed E-state index contributed by atoms with van der Waals surface area (Å²) < 4.78 is 13.7. The number of pyridine rings is 1. The van der Waals surface area contributed by atoms with Gasteiger partial charge in [0.25, 0.3) is 0 Å². The zero-order chi connectivity index (χ0) is 12.3. The highest BCUT2D eigenvalue weighted by molar-refractivity contribution is 7.12. The van der Waals surface area contributed by atoms with Gasteiger partial charge in [-0.05, 0) is 31.7 Å². The van der Waals surface area contributed by atoms with Gasteiger partial charge in [0.2, 0.25) is 0 Å². The Morgan fingerprint density at radius 2 is 2.24 bits per heavy atom. The summed E-state index contributed by atoms with van der Waals surface area (Å²) in [6.07, 6.45) is 3.89. The second kappa shape index (κ2) is 5.38. The van der Waals surface area contributed by atoms with E-state index >= 15 is 0 Å². The minimum atomic E-state index is -0.265. The quantitative estimate of drug-likeness (QED) is 0.901. The van der Waals surface area contributed by atoms with Gasteiger partial charge in [0.1, 0.15) is 5.82 Å². The first-order valence-electron chi connectivity index (χ1n) is 5.61. The lowest BCUT2D eigenvalue weighted by Crippen LogP contribution is -2.17. The molecule has 0 saturated carbocycles. The first-order valence-corrected chi connectivity index (χ1v) is 6.43. The molecule has 0 aliphatic carbocycles. The fourth-order valence-electron chi connectivity index (χ4n) is 1.81. The van der Waals surface area contributed by atoms with Gasteiger partial charge in [-0.25, -0.2) is 4.39 Å². The van der Waals surface area contributed by atoms with E-state index in [0.29, 0.717) is 5.56 Å². The maximum absolute atomic E-state index is 13.7. The molecule has 0 radical (unpaired) electrons. The topological polar surface area (TPSA) is 24.9 Å². The Hall–Kier alpha value is -1.26. The van der Waals surface area contributed by atoms with Crippen molar-refractivity contribution in [3.63, 3.8) is 0 Å². The van der Waals surface area contributed by atoms with Gasteiger partial charge in [-0.2, -0.15) is 0 Å². The van der Waals surface area contributed by atoms with Gasteiger partial charge in [0.05, 0.1) is 12.2 Å². The predicted octanol–water partition coefficient (Wildman–Crippen LogP) is 3.15. The minimum Gasteiger partial charge on any atom is -0.309 e. The lowest BCUT2D eigenvalue weighted by Gasteiger charge is -2.15. The summed E-state index contributed by atoms with van der Waals surface area (Å²) in [5.41, 5.74) is 0.645. The van der Waals surface area contributed by atoms with Crippen LogP contribution in [0.4, 0.5) is 4.39 Å². The largest absolute Gasteiger partial charge is 0.309 e. The summed E-state index contributed by atoms with van der Waals surface area (Å²) >= 11 is 1.72. The molecule has 0 amide bonds. The molecule has 0 bridgehead atoms. The number of thiophene rings is 1. The molecule has 2 aromatic rings. The molecule has 0 spiro atoms. The summed E-state index contributed by atoms with van der Waals surface area (Å²) in [6, 6.07) is 5.79. The smallest absolute Gasteiger partial charge is 0.146 e. The summed E-state index contributed by atoms with van der Waals surface area (Å²) in [4.78, 5) is 6.23. The van der Waals surface area contributed by atoms with E-state index in [9.17, 15) is 4.39 Å². The van der Waals surface area contributed by atoms with Crippen molar-refractivity contribution >= 4 is 11.3 Å². The standard InChI is InChI=1S/C13H15FN2S/c1-3-9-4-5-12(17-9)13(15-2)10-6-7-16-8-11(10)14/h4-8,13,15H,3H2,1-2H3. The number of aryl methyl sites for hydroxylation is 1. The summed E-state index contributed by atoms with van der Waals surface area (Å²) in [5, 5.41) is 3.16. The summed E-state index contributed by atoms with van der Waals surface area (Å²) in [5.74, 6) is -0.265. The third-order valence-electron chi connectivity index (χ3n) is 2.72. The molecule has 4 heteroatoms. The van der Waals surface area contributed by atoms with Gasteiger partial charge in [0, 0.05) is 21.5 Å². The van der Waals surface area contributed by atoms with Crippen molar-refractivity contribution in [2.75, 3.05) is 7.05 Å². The monoisotopic (exact) mass is 250 g/mol. The highest BCUT2D eigenvalue weighted by atomic mass is 32.1. The second-order valence-corrected chi connectivity index (χ2v) is 4.98. The minimum absolute atomic E-state index is 0.0942. The Morgan fingerprint density at radius 3 is 2.82 bits per heavy atom. The van der Waals surface area contributed by atoms with Crippen molar-refractivity contribution in [1.29, 1.82) is 0 Å². The van der Waals surface area contributed by atoms with Crippen molar-refractivity contribution in [2.24, 2.45) is 0 Å². The third-order valence-corrected chi connectivity index (χ3v) is 4.01. The second-order valence-electron chi connectivity index (χ2n) is 3.78. The Kier molecular flexibility index (Phi) is 3.86. The number of hydrogen-bond donors (Lipinski definition) is 1. The van der Waals surface area contributed by atoms with Crippen molar-refractivity contribution in [3.8, 4) is 0 Å². The van der Waals surface area contributed by atoms with Gasteiger partial charge < -0.3 is 5.32 Å². The van der Waals surface area contributed by atoms with Crippen molar-refractivity contribution in [2.45, 2.75) is 19.4 Å². The van der Waals surface area contributed by atoms with E-state index < -0.39 is 0 Å². The number of rotatable bonds is 4. The van der Waals surface area contributed by atoms with Crippen LogP contribution in [0.5, 0.6) is 0 Å². The maximum Gasteiger partial charge on any atom is 0.146 e. The molecule has 0 fully saturated rings. The average Bonchev–Trinajstić information content (AvgIpc) is 2.81. The number of hydrogen-bond acceptors (Lipinski definition) is 3. The molecular weight excluding hydrogens is 235 g/mol. The van der Waals surface area contributed by atoms with Gasteiger partial charge >= 0.3 is 0 Å². The van der Waals surface area contributed by atoms with Crippen LogP contribution in [0.15, 0.2) is 30.6 Å². The first-order chi connectivity index (χ1) is 8.26. The molecule has 1 atom stereocenters. The van der Waals surface area contributed by atoms with Gasteiger partial charge in [-0.15, -0.1) is 11.3 Å². The van der Waals surface area contributed by atoms with Crippen LogP contribution in [0, 0.1) is 5.82 Å². The molecule has 2 aromatic heterocycles.